The van der Waals surface area contributed by atoms with E-state index in [4.69, 9.17) is 9.47 Å². The van der Waals surface area contributed by atoms with Gasteiger partial charge in [0.25, 0.3) is 0 Å². The zero-order chi connectivity index (χ0) is 40.7. The normalized spacial score (nSPS) is 37.1. The van der Waals surface area contributed by atoms with Crippen LogP contribution in [0.3, 0.4) is 0 Å². The third-order valence-corrected chi connectivity index (χ3v) is 15.9. The van der Waals surface area contributed by atoms with Gasteiger partial charge in [-0.2, -0.15) is 0 Å². The fraction of sp³-hybridized carbons (Fsp3) is 0.844. The first-order valence-electron chi connectivity index (χ1n) is 21.4. The second-order valence-corrected chi connectivity index (χ2v) is 21.5. The number of hydrogen-bond donors (Lipinski definition) is 2. The third-order valence-electron chi connectivity index (χ3n) is 15.9. The topological polar surface area (TPSA) is 139 Å². The lowest BCUT2D eigenvalue weighted by molar-refractivity contribution is -0.213. The number of likely N-dealkylation sites (tertiary alicyclic amines) is 1. The Morgan fingerprint density at radius 3 is 2.20 bits per heavy atom. The van der Waals surface area contributed by atoms with E-state index in [1.165, 1.54) is 0 Å². The summed E-state index contributed by atoms with van der Waals surface area (Å²) in [5.74, 6) is 0.0247. The monoisotopic (exact) mass is 767 g/mol. The molecule has 6 unspecified atom stereocenters. The van der Waals surface area contributed by atoms with E-state index >= 15 is 0 Å². The Bertz CT molecular complexity index is 1620. The van der Waals surface area contributed by atoms with Crippen LogP contribution in [0.15, 0.2) is 11.1 Å². The summed E-state index contributed by atoms with van der Waals surface area (Å²) in [5.41, 5.74) is -0.780. The average molecular weight is 767 g/mol. The maximum absolute atomic E-state index is 14.6. The molecule has 4 saturated carbocycles. The molecule has 10 nitrogen and oxygen atoms in total. The summed E-state index contributed by atoms with van der Waals surface area (Å²) in [5, 5.41) is 12.9. The van der Waals surface area contributed by atoms with Crippen molar-refractivity contribution >= 4 is 29.7 Å². The number of allylic oxidation sites excluding steroid dienone is 1. The molecule has 0 spiro atoms. The van der Waals surface area contributed by atoms with E-state index < -0.39 is 28.4 Å². The number of aliphatic carboxylic acids is 1. The predicted molar refractivity (Wildman–Crippen MR) is 210 cm³/mol. The zero-order valence-electron chi connectivity index (χ0n) is 35.7. The van der Waals surface area contributed by atoms with Crippen molar-refractivity contribution in [3.8, 4) is 0 Å². The Hall–Kier alpha value is -2.91. The molecule has 0 aromatic rings. The second kappa shape index (κ2) is 14.2. The van der Waals surface area contributed by atoms with Crippen LogP contribution < -0.4 is 5.32 Å². The highest BCUT2D eigenvalue weighted by molar-refractivity contribution is 6.06. The first-order chi connectivity index (χ1) is 25.4. The lowest BCUT2D eigenvalue weighted by Gasteiger charge is -2.68. The molecule has 0 bridgehead atoms. The van der Waals surface area contributed by atoms with Crippen LogP contribution in [0.4, 0.5) is 4.79 Å². The van der Waals surface area contributed by atoms with Crippen LogP contribution in [0.1, 0.15) is 153 Å². The largest absolute Gasteiger partial charge is 0.481 e. The van der Waals surface area contributed by atoms with Crippen molar-refractivity contribution in [2.45, 2.75) is 171 Å². The number of Topliss-reactive ketones (excluding diaryl/α,β-unsaturated/α-hetero) is 1. The zero-order valence-corrected chi connectivity index (χ0v) is 35.7. The summed E-state index contributed by atoms with van der Waals surface area (Å²) in [4.78, 5) is 68.3. The number of carboxylic acid groups (broad SMARTS) is 1. The van der Waals surface area contributed by atoms with Crippen molar-refractivity contribution in [1.82, 2.24) is 10.2 Å². The standard InChI is InChI=1S/C45H70N2O8/c1-26(2)35-30(48)23-45(37(50)46-25-27-13-12-22-47(27)39(53)55-40(3,4)5)21-16-29-28(36(35)45)14-15-32-43(29,10)19-17-31-42(8,9)33(18-20-44(31,32)11)54-34(49)24-41(6,7)38(51)52/h26-29,31-33H,12-25H2,1-11H3,(H,46,50)(H,51,52)/t27?,28?,29?,31?,32?,33-,43-,44-,45?/m0/s1. The first kappa shape index (κ1) is 41.7. The molecule has 1 aliphatic heterocycles. The molecule has 2 N–H and O–H groups in total. The van der Waals surface area contributed by atoms with Crippen molar-refractivity contribution in [3.63, 3.8) is 0 Å². The number of amides is 2. The minimum Gasteiger partial charge on any atom is -0.481 e. The minimum atomic E-state index is -1.18. The molecule has 308 valence electrons. The highest BCUT2D eigenvalue weighted by Gasteiger charge is 2.67. The van der Waals surface area contributed by atoms with Crippen LogP contribution in [0.25, 0.3) is 0 Å². The number of esters is 1. The Kier molecular flexibility index (Phi) is 10.8. The molecule has 9 atom stereocenters. The van der Waals surface area contributed by atoms with E-state index in [-0.39, 0.29) is 70.9 Å². The molecular formula is C45H70N2O8. The molecule has 5 fully saturated rings. The number of carbonyl (C=O) groups is 5. The number of rotatable bonds is 8. The van der Waals surface area contributed by atoms with Crippen LogP contribution in [-0.4, -0.2) is 70.6 Å². The van der Waals surface area contributed by atoms with Crippen LogP contribution in [0.5, 0.6) is 0 Å². The van der Waals surface area contributed by atoms with Crippen molar-refractivity contribution in [1.29, 1.82) is 0 Å². The predicted octanol–water partition coefficient (Wildman–Crippen LogP) is 8.51. The van der Waals surface area contributed by atoms with Gasteiger partial charge in [-0.05, 0) is 150 Å². The summed E-state index contributed by atoms with van der Waals surface area (Å²) >= 11 is 0. The van der Waals surface area contributed by atoms with Gasteiger partial charge in [-0.25, -0.2) is 4.79 Å². The lowest BCUT2D eigenvalue weighted by atomic mass is 9.36. The number of ketones is 1. The van der Waals surface area contributed by atoms with Gasteiger partial charge in [0.05, 0.1) is 23.3 Å². The number of carbonyl (C=O) groups excluding carboxylic acids is 4. The Labute approximate surface area is 329 Å². The molecule has 2 amide bonds. The molecule has 10 heteroatoms. The van der Waals surface area contributed by atoms with Crippen LogP contribution in [0, 0.1) is 56.7 Å². The Balaban J connectivity index is 1.22. The summed E-state index contributed by atoms with van der Waals surface area (Å²) in [6, 6.07) is -0.134. The summed E-state index contributed by atoms with van der Waals surface area (Å²) in [7, 11) is 0. The smallest absolute Gasteiger partial charge is 0.410 e. The molecule has 1 heterocycles. The molecule has 0 aromatic carbocycles. The van der Waals surface area contributed by atoms with Gasteiger partial charge >= 0.3 is 18.0 Å². The highest BCUT2D eigenvalue weighted by Crippen LogP contribution is 2.73. The molecule has 5 aliphatic carbocycles. The van der Waals surface area contributed by atoms with E-state index in [1.807, 2.05) is 20.8 Å². The average Bonchev–Trinajstić information content (AvgIpc) is 3.66. The van der Waals surface area contributed by atoms with E-state index in [0.29, 0.717) is 37.3 Å². The molecule has 6 rings (SSSR count). The number of nitrogens with one attached hydrogen (secondary N) is 1. The number of ether oxygens (including phenoxy) is 2. The van der Waals surface area contributed by atoms with E-state index in [0.717, 1.165) is 68.9 Å². The minimum absolute atomic E-state index is 0.0343. The van der Waals surface area contributed by atoms with Gasteiger partial charge in [0.2, 0.25) is 5.91 Å². The van der Waals surface area contributed by atoms with Gasteiger partial charge < -0.3 is 24.8 Å². The first-order valence-corrected chi connectivity index (χ1v) is 21.4. The van der Waals surface area contributed by atoms with Crippen molar-refractivity contribution < 1.29 is 38.6 Å². The van der Waals surface area contributed by atoms with E-state index in [9.17, 15) is 29.1 Å². The van der Waals surface area contributed by atoms with Gasteiger partial charge in [0.1, 0.15) is 11.7 Å². The van der Waals surface area contributed by atoms with Gasteiger partial charge in [-0.15, -0.1) is 0 Å². The number of nitrogens with zero attached hydrogens (tertiary/aromatic N) is 1. The van der Waals surface area contributed by atoms with Crippen LogP contribution in [-0.2, 0) is 28.7 Å². The maximum Gasteiger partial charge on any atom is 0.410 e. The van der Waals surface area contributed by atoms with Gasteiger partial charge in [0, 0.05) is 24.9 Å². The fourth-order valence-electron chi connectivity index (χ4n) is 13.4. The molecule has 55 heavy (non-hydrogen) atoms. The summed E-state index contributed by atoms with van der Waals surface area (Å²) in [6.07, 6.45) is 8.49. The Morgan fingerprint density at radius 1 is 0.891 bits per heavy atom. The van der Waals surface area contributed by atoms with Crippen molar-refractivity contribution in [2.75, 3.05) is 13.1 Å². The van der Waals surface area contributed by atoms with Gasteiger partial charge in [-0.1, -0.05) is 41.5 Å². The highest BCUT2D eigenvalue weighted by atomic mass is 16.6. The fourth-order valence-corrected chi connectivity index (χ4v) is 13.4. The third kappa shape index (κ3) is 7.06. The second-order valence-electron chi connectivity index (χ2n) is 21.5. The molecule has 6 aliphatic rings. The van der Waals surface area contributed by atoms with Crippen LogP contribution >= 0.6 is 0 Å². The van der Waals surface area contributed by atoms with Crippen molar-refractivity contribution in [3.05, 3.63) is 11.1 Å². The van der Waals surface area contributed by atoms with Gasteiger partial charge in [0.15, 0.2) is 5.78 Å². The SMILES string of the molecule is CC(C)C1=C2C3CCC4[C@@](C)(CCC5C(C)(C)[C@@H](OC(=O)CC(C)(C)C(=O)O)CC[C@@]54C)C3CCC2(C(=O)NCC2CCCN2C(=O)OC(C)(C)C)CC1=O. The summed E-state index contributed by atoms with van der Waals surface area (Å²) in [6.45, 7) is 23.4. The molecule has 0 radical (unpaired) electrons. The Morgan fingerprint density at radius 2 is 1.56 bits per heavy atom. The maximum atomic E-state index is 14.6. The van der Waals surface area contributed by atoms with Crippen LogP contribution in [0.2, 0.25) is 0 Å². The molecular weight excluding hydrogens is 697 g/mol. The molecule has 1 saturated heterocycles. The number of carboxylic acids is 1. The number of hydrogen-bond acceptors (Lipinski definition) is 7. The van der Waals surface area contributed by atoms with Crippen molar-refractivity contribution in [2.24, 2.45) is 56.7 Å². The summed E-state index contributed by atoms with van der Waals surface area (Å²) < 4.78 is 11.8. The molecule has 0 aromatic heterocycles. The van der Waals surface area contributed by atoms with Gasteiger partial charge in [-0.3, -0.25) is 19.2 Å². The quantitative estimate of drug-likeness (QED) is 0.235. The lowest BCUT2D eigenvalue weighted by Crippen LogP contribution is -2.63. The van der Waals surface area contributed by atoms with E-state index in [2.05, 4.69) is 46.9 Å². The van der Waals surface area contributed by atoms with E-state index in [1.54, 1.807) is 18.7 Å². The number of fused-ring (bicyclic) bond motifs is 7.